The minimum Gasteiger partial charge on any atom is -0.378 e. The Balaban J connectivity index is 2.36. The van der Waals surface area contributed by atoms with E-state index in [9.17, 15) is 8.42 Å². The maximum absolute atomic E-state index is 12.7. The Bertz CT molecular complexity index is 756. The third-order valence-corrected chi connectivity index (χ3v) is 5.20. The van der Waals surface area contributed by atoms with Crippen LogP contribution >= 0.6 is 0 Å². The summed E-state index contributed by atoms with van der Waals surface area (Å²) in [5, 5.41) is 0. The number of aryl methyl sites for hydroxylation is 3. The third-order valence-electron chi connectivity index (χ3n) is 3.51. The standard InChI is InChI=1S/C17H22N2O2S/c1-12-10-13(2)17(14(3)11-12)22(20,21)18-15-6-8-16(9-7-15)19(4)5/h6-11,18H,1-5H3. The van der Waals surface area contributed by atoms with Crippen LogP contribution < -0.4 is 9.62 Å². The predicted molar refractivity (Wildman–Crippen MR) is 92.2 cm³/mol. The van der Waals surface area contributed by atoms with E-state index in [-0.39, 0.29) is 0 Å². The lowest BCUT2D eigenvalue weighted by Crippen LogP contribution is -2.16. The first-order valence-electron chi connectivity index (χ1n) is 7.09. The van der Waals surface area contributed by atoms with E-state index < -0.39 is 10.0 Å². The van der Waals surface area contributed by atoms with Gasteiger partial charge in [0.2, 0.25) is 0 Å². The van der Waals surface area contributed by atoms with Crippen LogP contribution in [0.1, 0.15) is 16.7 Å². The van der Waals surface area contributed by atoms with Crippen LogP contribution in [-0.4, -0.2) is 22.5 Å². The molecule has 1 N–H and O–H groups in total. The molecule has 0 saturated carbocycles. The molecule has 0 spiro atoms. The highest BCUT2D eigenvalue weighted by Gasteiger charge is 2.19. The van der Waals surface area contributed by atoms with Crippen LogP contribution in [-0.2, 0) is 10.0 Å². The maximum atomic E-state index is 12.7. The van der Waals surface area contributed by atoms with Crippen molar-refractivity contribution in [2.45, 2.75) is 25.7 Å². The molecule has 0 bridgehead atoms. The Labute approximate surface area is 132 Å². The number of hydrogen-bond donors (Lipinski definition) is 1. The summed E-state index contributed by atoms with van der Waals surface area (Å²) in [6, 6.07) is 11.1. The third kappa shape index (κ3) is 3.42. The summed E-state index contributed by atoms with van der Waals surface area (Å²) in [4.78, 5) is 2.32. The van der Waals surface area contributed by atoms with E-state index >= 15 is 0 Å². The number of hydrogen-bond acceptors (Lipinski definition) is 3. The lowest BCUT2D eigenvalue weighted by atomic mass is 10.1. The molecule has 0 heterocycles. The minimum atomic E-state index is -3.59. The van der Waals surface area contributed by atoms with Crippen molar-refractivity contribution in [3.8, 4) is 0 Å². The van der Waals surface area contributed by atoms with Gasteiger partial charge in [0, 0.05) is 25.5 Å². The van der Waals surface area contributed by atoms with Crippen molar-refractivity contribution >= 4 is 21.4 Å². The first-order valence-corrected chi connectivity index (χ1v) is 8.57. The van der Waals surface area contributed by atoms with Gasteiger partial charge in [0.15, 0.2) is 0 Å². The van der Waals surface area contributed by atoms with Crippen molar-refractivity contribution in [2.75, 3.05) is 23.7 Å². The van der Waals surface area contributed by atoms with Crippen molar-refractivity contribution in [1.82, 2.24) is 0 Å². The average molecular weight is 318 g/mol. The smallest absolute Gasteiger partial charge is 0.262 e. The lowest BCUT2D eigenvalue weighted by Gasteiger charge is -2.15. The van der Waals surface area contributed by atoms with Crippen LogP contribution in [0.3, 0.4) is 0 Å². The van der Waals surface area contributed by atoms with Gasteiger partial charge in [-0.25, -0.2) is 8.42 Å². The number of nitrogens with zero attached hydrogens (tertiary/aromatic N) is 1. The first kappa shape index (κ1) is 16.4. The van der Waals surface area contributed by atoms with Crippen molar-refractivity contribution in [3.63, 3.8) is 0 Å². The highest BCUT2D eigenvalue weighted by molar-refractivity contribution is 7.92. The fourth-order valence-corrected chi connectivity index (χ4v) is 4.14. The van der Waals surface area contributed by atoms with Gasteiger partial charge in [-0.3, -0.25) is 4.72 Å². The highest BCUT2D eigenvalue weighted by atomic mass is 32.2. The van der Waals surface area contributed by atoms with Gasteiger partial charge in [-0.05, 0) is 56.2 Å². The molecule has 5 heteroatoms. The summed E-state index contributed by atoms with van der Waals surface area (Å²) in [6.45, 7) is 5.61. The van der Waals surface area contributed by atoms with E-state index in [4.69, 9.17) is 0 Å². The molecule has 0 fully saturated rings. The average Bonchev–Trinajstić information content (AvgIpc) is 2.36. The van der Waals surface area contributed by atoms with Crippen molar-refractivity contribution in [2.24, 2.45) is 0 Å². The zero-order chi connectivity index (χ0) is 16.5. The van der Waals surface area contributed by atoms with E-state index in [1.807, 2.05) is 64.0 Å². The minimum absolute atomic E-state index is 0.356. The summed E-state index contributed by atoms with van der Waals surface area (Å²) in [7, 11) is 0.297. The van der Waals surface area contributed by atoms with Gasteiger partial charge in [0.25, 0.3) is 10.0 Å². The van der Waals surface area contributed by atoms with Gasteiger partial charge in [-0.2, -0.15) is 0 Å². The van der Waals surface area contributed by atoms with Crippen LogP contribution in [0.25, 0.3) is 0 Å². The van der Waals surface area contributed by atoms with Crippen molar-refractivity contribution in [3.05, 3.63) is 53.1 Å². The Kier molecular flexibility index (Phi) is 4.47. The Morgan fingerprint density at radius 3 is 1.86 bits per heavy atom. The molecule has 0 atom stereocenters. The van der Waals surface area contributed by atoms with Crippen molar-refractivity contribution < 1.29 is 8.42 Å². The molecule has 2 rings (SSSR count). The number of nitrogens with one attached hydrogen (secondary N) is 1. The summed E-state index contributed by atoms with van der Waals surface area (Å²) in [5.74, 6) is 0. The summed E-state index contributed by atoms with van der Waals surface area (Å²) in [5.41, 5.74) is 4.16. The van der Waals surface area contributed by atoms with Crippen molar-refractivity contribution in [1.29, 1.82) is 0 Å². The van der Waals surface area contributed by atoms with Gasteiger partial charge < -0.3 is 4.90 Å². The monoisotopic (exact) mass is 318 g/mol. The topological polar surface area (TPSA) is 49.4 Å². The molecule has 0 saturated heterocycles. The molecule has 2 aromatic carbocycles. The molecule has 0 aliphatic heterocycles. The highest BCUT2D eigenvalue weighted by Crippen LogP contribution is 2.25. The Hall–Kier alpha value is -2.01. The Morgan fingerprint density at radius 1 is 0.909 bits per heavy atom. The molecule has 0 unspecified atom stereocenters. The van der Waals surface area contributed by atoms with Crippen LogP contribution in [0.2, 0.25) is 0 Å². The molecule has 0 amide bonds. The van der Waals surface area contributed by atoms with E-state index in [0.717, 1.165) is 22.4 Å². The predicted octanol–water partition coefficient (Wildman–Crippen LogP) is 3.48. The molecular weight excluding hydrogens is 296 g/mol. The van der Waals surface area contributed by atoms with E-state index in [1.165, 1.54) is 0 Å². The number of sulfonamides is 1. The molecule has 22 heavy (non-hydrogen) atoms. The van der Waals surface area contributed by atoms with Gasteiger partial charge in [-0.1, -0.05) is 17.7 Å². The SMILES string of the molecule is Cc1cc(C)c(S(=O)(=O)Nc2ccc(N(C)C)cc2)c(C)c1. The normalized spacial score (nSPS) is 11.3. The largest absolute Gasteiger partial charge is 0.378 e. The fourth-order valence-electron chi connectivity index (χ4n) is 2.62. The molecule has 0 aromatic heterocycles. The van der Waals surface area contributed by atoms with Gasteiger partial charge in [0.05, 0.1) is 4.90 Å². The van der Waals surface area contributed by atoms with Gasteiger partial charge in [-0.15, -0.1) is 0 Å². The van der Waals surface area contributed by atoms with E-state index in [2.05, 4.69) is 4.72 Å². The van der Waals surface area contributed by atoms with Crippen LogP contribution in [0.5, 0.6) is 0 Å². The van der Waals surface area contributed by atoms with Crippen LogP contribution in [0.4, 0.5) is 11.4 Å². The van der Waals surface area contributed by atoms with E-state index in [1.54, 1.807) is 12.1 Å². The Morgan fingerprint density at radius 2 is 1.41 bits per heavy atom. The van der Waals surface area contributed by atoms with Crippen LogP contribution in [0, 0.1) is 20.8 Å². The zero-order valence-electron chi connectivity index (χ0n) is 13.6. The molecule has 0 aliphatic rings. The van der Waals surface area contributed by atoms with Gasteiger partial charge in [0.1, 0.15) is 0 Å². The lowest BCUT2D eigenvalue weighted by molar-refractivity contribution is 0.600. The van der Waals surface area contributed by atoms with E-state index in [0.29, 0.717) is 10.6 Å². The quantitative estimate of drug-likeness (QED) is 0.939. The molecule has 0 aliphatic carbocycles. The number of rotatable bonds is 4. The second-order valence-corrected chi connectivity index (χ2v) is 7.39. The van der Waals surface area contributed by atoms with Gasteiger partial charge >= 0.3 is 0 Å². The van der Waals surface area contributed by atoms with Crippen LogP contribution in [0.15, 0.2) is 41.3 Å². The molecule has 4 nitrogen and oxygen atoms in total. The number of anilines is 2. The summed E-state index contributed by atoms with van der Waals surface area (Å²) < 4.78 is 28.0. The molecule has 0 radical (unpaired) electrons. The maximum Gasteiger partial charge on any atom is 0.262 e. The second-order valence-electron chi connectivity index (χ2n) is 5.77. The first-order chi connectivity index (χ1) is 10.2. The second kappa shape index (κ2) is 6.01. The molecule has 118 valence electrons. The number of benzene rings is 2. The summed E-state index contributed by atoms with van der Waals surface area (Å²) >= 11 is 0. The molecular formula is C17H22N2O2S. The fraction of sp³-hybridized carbons (Fsp3) is 0.294. The molecule has 2 aromatic rings. The summed E-state index contributed by atoms with van der Waals surface area (Å²) in [6.07, 6.45) is 0. The zero-order valence-corrected chi connectivity index (χ0v) is 14.5.